The Morgan fingerprint density at radius 3 is 2.39 bits per heavy atom. The summed E-state index contributed by atoms with van der Waals surface area (Å²) in [7, 11) is -1.52. The van der Waals surface area contributed by atoms with E-state index in [0.717, 1.165) is 11.1 Å². The number of benzene rings is 2. The lowest BCUT2D eigenvalue weighted by Gasteiger charge is -2.13. The first-order chi connectivity index (χ1) is 8.68. The Kier molecular flexibility index (Phi) is 4.02. The lowest BCUT2D eigenvalue weighted by atomic mass is 9.76. The van der Waals surface area contributed by atoms with Gasteiger partial charge in [0, 0.05) is 5.46 Å². The van der Waals surface area contributed by atoms with Gasteiger partial charge in [0.05, 0.1) is 0 Å². The van der Waals surface area contributed by atoms with E-state index in [1.54, 1.807) is 6.07 Å². The highest BCUT2D eigenvalue weighted by atomic mass is 16.5. The van der Waals surface area contributed by atoms with E-state index >= 15 is 0 Å². The van der Waals surface area contributed by atoms with Gasteiger partial charge in [-0.05, 0) is 24.1 Å². The van der Waals surface area contributed by atoms with Gasteiger partial charge in [0.1, 0.15) is 12.4 Å². The second kappa shape index (κ2) is 5.71. The number of hydrogen-bond donors (Lipinski definition) is 2. The molecule has 0 spiro atoms. The summed E-state index contributed by atoms with van der Waals surface area (Å²) in [6, 6.07) is 15.2. The molecule has 0 aliphatic rings. The second-order valence-corrected chi connectivity index (χ2v) is 4.13. The van der Waals surface area contributed by atoms with Crippen LogP contribution in [0.3, 0.4) is 0 Å². The van der Waals surface area contributed by atoms with Crippen LogP contribution < -0.4 is 10.2 Å². The molecule has 18 heavy (non-hydrogen) atoms. The first-order valence-corrected chi connectivity index (χ1v) is 5.81. The van der Waals surface area contributed by atoms with Crippen LogP contribution >= 0.6 is 0 Å². The van der Waals surface area contributed by atoms with E-state index in [-0.39, 0.29) is 0 Å². The third kappa shape index (κ3) is 2.91. The molecule has 0 bridgehead atoms. The monoisotopic (exact) mass is 242 g/mol. The summed E-state index contributed by atoms with van der Waals surface area (Å²) in [5, 5.41) is 18.7. The molecule has 2 aromatic rings. The number of rotatable bonds is 4. The Balaban J connectivity index is 2.17. The molecule has 0 radical (unpaired) electrons. The molecule has 0 fully saturated rings. The fraction of sp³-hybridized carbons (Fsp3) is 0.143. The summed E-state index contributed by atoms with van der Waals surface area (Å²) in [4.78, 5) is 0. The summed E-state index contributed by atoms with van der Waals surface area (Å²) in [6.07, 6.45) is 0. The van der Waals surface area contributed by atoms with Gasteiger partial charge in [-0.25, -0.2) is 0 Å². The molecule has 2 aromatic carbocycles. The van der Waals surface area contributed by atoms with Gasteiger partial charge in [-0.2, -0.15) is 0 Å². The van der Waals surface area contributed by atoms with Crippen LogP contribution in [-0.4, -0.2) is 17.2 Å². The maximum absolute atomic E-state index is 9.36. The number of hydrogen-bond acceptors (Lipinski definition) is 3. The van der Waals surface area contributed by atoms with Crippen molar-refractivity contribution < 1.29 is 14.8 Å². The average Bonchev–Trinajstić information content (AvgIpc) is 2.37. The Morgan fingerprint density at radius 1 is 1.00 bits per heavy atom. The quantitative estimate of drug-likeness (QED) is 0.793. The zero-order valence-corrected chi connectivity index (χ0v) is 10.2. The first-order valence-electron chi connectivity index (χ1n) is 5.81. The summed E-state index contributed by atoms with van der Waals surface area (Å²) in [5.41, 5.74) is 2.27. The predicted molar refractivity (Wildman–Crippen MR) is 71.8 cm³/mol. The Morgan fingerprint density at radius 2 is 1.72 bits per heavy atom. The molecule has 4 heteroatoms. The minimum Gasteiger partial charge on any atom is -0.489 e. The topological polar surface area (TPSA) is 49.7 Å². The van der Waals surface area contributed by atoms with Gasteiger partial charge in [-0.15, -0.1) is 0 Å². The summed E-state index contributed by atoms with van der Waals surface area (Å²) >= 11 is 0. The van der Waals surface area contributed by atoms with E-state index < -0.39 is 7.12 Å². The van der Waals surface area contributed by atoms with Crippen LogP contribution in [0.15, 0.2) is 48.5 Å². The van der Waals surface area contributed by atoms with Crippen LogP contribution in [0.4, 0.5) is 0 Å². The molecular weight excluding hydrogens is 227 g/mol. The van der Waals surface area contributed by atoms with E-state index in [9.17, 15) is 10.0 Å². The smallest absolute Gasteiger partial charge is 0.489 e. The van der Waals surface area contributed by atoms with Crippen molar-refractivity contribution in [1.29, 1.82) is 0 Å². The third-order valence-corrected chi connectivity index (χ3v) is 2.78. The van der Waals surface area contributed by atoms with Crippen LogP contribution in [-0.2, 0) is 6.61 Å². The molecule has 0 aliphatic carbocycles. The predicted octanol–water partition coefficient (Wildman–Crippen LogP) is 1.25. The SMILES string of the molecule is Cc1cccc(OCc2ccccc2)c1B(O)O. The van der Waals surface area contributed by atoms with Crippen molar-refractivity contribution in [2.24, 2.45) is 0 Å². The lowest BCUT2D eigenvalue weighted by Crippen LogP contribution is -2.33. The van der Waals surface area contributed by atoms with Gasteiger partial charge in [0.15, 0.2) is 0 Å². The molecule has 0 unspecified atom stereocenters. The van der Waals surface area contributed by atoms with Crippen molar-refractivity contribution in [2.45, 2.75) is 13.5 Å². The zero-order valence-electron chi connectivity index (χ0n) is 10.2. The highest BCUT2D eigenvalue weighted by Gasteiger charge is 2.19. The van der Waals surface area contributed by atoms with Gasteiger partial charge in [-0.3, -0.25) is 0 Å². The molecule has 0 aliphatic heterocycles. The standard InChI is InChI=1S/C14H15BO3/c1-11-6-5-9-13(14(11)15(16)17)18-10-12-7-3-2-4-8-12/h2-9,16-17H,10H2,1H3. The van der Waals surface area contributed by atoms with Crippen molar-refractivity contribution in [3.05, 3.63) is 59.7 Å². The molecule has 2 rings (SSSR count). The van der Waals surface area contributed by atoms with Gasteiger partial charge >= 0.3 is 7.12 Å². The van der Waals surface area contributed by atoms with E-state index in [2.05, 4.69) is 0 Å². The van der Waals surface area contributed by atoms with E-state index in [0.29, 0.717) is 17.8 Å². The van der Waals surface area contributed by atoms with Crippen molar-refractivity contribution in [1.82, 2.24) is 0 Å². The van der Waals surface area contributed by atoms with Crippen LogP contribution in [0.25, 0.3) is 0 Å². The molecule has 0 aromatic heterocycles. The van der Waals surface area contributed by atoms with Crippen molar-refractivity contribution in [2.75, 3.05) is 0 Å². The molecular formula is C14H15BO3. The Bertz CT molecular complexity index is 512. The summed E-state index contributed by atoms with van der Waals surface area (Å²) < 4.78 is 5.65. The zero-order chi connectivity index (χ0) is 13.0. The van der Waals surface area contributed by atoms with E-state index in [1.807, 2.05) is 49.4 Å². The molecule has 0 saturated heterocycles. The molecule has 0 heterocycles. The minimum atomic E-state index is -1.52. The molecule has 2 N–H and O–H groups in total. The highest BCUT2D eigenvalue weighted by Crippen LogP contribution is 2.13. The number of ether oxygens (including phenoxy) is 1. The van der Waals surface area contributed by atoms with Crippen molar-refractivity contribution in [3.8, 4) is 5.75 Å². The second-order valence-electron chi connectivity index (χ2n) is 4.13. The lowest BCUT2D eigenvalue weighted by molar-refractivity contribution is 0.306. The molecule has 92 valence electrons. The van der Waals surface area contributed by atoms with Gasteiger partial charge in [-0.1, -0.05) is 42.5 Å². The van der Waals surface area contributed by atoms with E-state index in [4.69, 9.17) is 4.74 Å². The van der Waals surface area contributed by atoms with Crippen LogP contribution in [0.2, 0.25) is 0 Å². The minimum absolute atomic E-state index is 0.407. The van der Waals surface area contributed by atoms with Gasteiger partial charge in [0.25, 0.3) is 0 Å². The summed E-state index contributed by atoms with van der Waals surface area (Å²) in [5.74, 6) is 0.508. The fourth-order valence-corrected chi connectivity index (χ4v) is 1.85. The summed E-state index contributed by atoms with van der Waals surface area (Å²) in [6.45, 7) is 2.23. The fourth-order valence-electron chi connectivity index (χ4n) is 1.85. The van der Waals surface area contributed by atoms with Gasteiger partial charge in [0.2, 0.25) is 0 Å². The van der Waals surface area contributed by atoms with Crippen LogP contribution in [0.5, 0.6) is 5.75 Å². The number of aryl methyl sites for hydroxylation is 1. The Hall–Kier alpha value is -1.78. The highest BCUT2D eigenvalue weighted by molar-refractivity contribution is 6.60. The first kappa shape index (κ1) is 12.7. The largest absolute Gasteiger partial charge is 0.492 e. The molecule has 0 atom stereocenters. The van der Waals surface area contributed by atoms with Crippen LogP contribution in [0, 0.1) is 6.92 Å². The van der Waals surface area contributed by atoms with Gasteiger partial charge < -0.3 is 14.8 Å². The van der Waals surface area contributed by atoms with Crippen LogP contribution in [0.1, 0.15) is 11.1 Å². The van der Waals surface area contributed by atoms with Crippen molar-refractivity contribution >= 4 is 12.6 Å². The molecule has 0 saturated carbocycles. The molecule has 3 nitrogen and oxygen atoms in total. The van der Waals surface area contributed by atoms with Crippen molar-refractivity contribution in [3.63, 3.8) is 0 Å². The molecule has 0 amide bonds. The maximum atomic E-state index is 9.36. The third-order valence-electron chi connectivity index (χ3n) is 2.78. The normalized spacial score (nSPS) is 10.2. The average molecular weight is 242 g/mol. The Labute approximate surface area is 107 Å². The van der Waals surface area contributed by atoms with E-state index in [1.165, 1.54) is 0 Å². The maximum Gasteiger partial charge on any atom is 0.492 e.